The van der Waals surface area contributed by atoms with Crippen LogP contribution >= 0.6 is 0 Å². The minimum Gasteiger partial charge on any atom is -0.0683 e. The Bertz CT molecular complexity index is 320. The molecule has 118 valence electrons. The van der Waals surface area contributed by atoms with Crippen molar-refractivity contribution in [3.63, 3.8) is 0 Å². The van der Waals surface area contributed by atoms with Crippen molar-refractivity contribution in [2.24, 2.45) is 5.92 Å². The molecule has 0 fully saturated rings. The topological polar surface area (TPSA) is 0 Å². The predicted octanol–water partition coefficient (Wildman–Crippen LogP) is 7.15. The van der Waals surface area contributed by atoms with Crippen LogP contribution in [0.15, 0.2) is 18.2 Å². The van der Waals surface area contributed by atoms with Gasteiger partial charge >= 0.3 is 0 Å². The number of benzene rings is 1. The van der Waals surface area contributed by atoms with Gasteiger partial charge in [-0.25, -0.2) is 0 Å². The molecule has 0 aromatic heterocycles. The zero-order chi connectivity index (χ0) is 16.1. The SMILES string of the molecule is CC.CC(C)C.CCC[C@@H](C)c1cc(CC)ccc1C. The average Bonchev–Trinajstić information content (AvgIpc) is 2.41. The standard InChI is InChI=1S/C14H22.C4H10.C2H6/c1-5-7-11(3)14-10-13(6-2)9-8-12(14)4;1-4(2)3;1-2/h8-11H,5-7H2,1-4H3;4H,1-3H3;1-2H3/t11-;;/m1../s1. The van der Waals surface area contributed by atoms with E-state index >= 15 is 0 Å². The van der Waals surface area contributed by atoms with E-state index < -0.39 is 0 Å². The number of hydrogen-bond acceptors (Lipinski definition) is 0. The van der Waals surface area contributed by atoms with E-state index in [9.17, 15) is 0 Å². The third-order valence-electron chi connectivity index (χ3n) is 3.00. The van der Waals surface area contributed by atoms with Crippen molar-refractivity contribution < 1.29 is 0 Å². The van der Waals surface area contributed by atoms with Gasteiger partial charge in [0.2, 0.25) is 0 Å². The fourth-order valence-electron chi connectivity index (χ4n) is 2.03. The summed E-state index contributed by atoms with van der Waals surface area (Å²) >= 11 is 0. The van der Waals surface area contributed by atoms with Gasteiger partial charge in [0.15, 0.2) is 0 Å². The van der Waals surface area contributed by atoms with Gasteiger partial charge in [-0.05, 0) is 48.3 Å². The van der Waals surface area contributed by atoms with Crippen LogP contribution in [-0.4, -0.2) is 0 Å². The lowest BCUT2D eigenvalue weighted by Crippen LogP contribution is -1.97. The Morgan fingerprint density at radius 3 is 1.85 bits per heavy atom. The molecule has 0 saturated carbocycles. The Labute approximate surface area is 129 Å². The van der Waals surface area contributed by atoms with Crippen molar-refractivity contribution in [1.82, 2.24) is 0 Å². The van der Waals surface area contributed by atoms with Crippen molar-refractivity contribution >= 4 is 0 Å². The maximum Gasteiger partial charge on any atom is -0.0188 e. The van der Waals surface area contributed by atoms with Gasteiger partial charge < -0.3 is 0 Å². The quantitative estimate of drug-likeness (QED) is 0.548. The zero-order valence-electron chi connectivity index (χ0n) is 15.5. The zero-order valence-corrected chi connectivity index (χ0v) is 15.5. The van der Waals surface area contributed by atoms with E-state index in [1.807, 2.05) is 13.8 Å². The van der Waals surface area contributed by atoms with Gasteiger partial charge in [0.1, 0.15) is 0 Å². The summed E-state index contributed by atoms with van der Waals surface area (Å²) in [5.74, 6) is 1.55. The molecule has 0 heteroatoms. The van der Waals surface area contributed by atoms with Crippen molar-refractivity contribution in [1.29, 1.82) is 0 Å². The second-order valence-electron chi connectivity index (χ2n) is 5.97. The van der Waals surface area contributed by atoms with Gasteiger partial charge in [-0.2, -0.15) is 0 Å². The van der Waals surface area contributed by atoms with E-state index in [2.05, 4.69) is 66.7 Å². The summed E-state index contributed by atoms with van der Waals surface area (Å²) in [5.41, 5.74) is 4.46. The molecule has 0 aliphatic heterocycles. The van der Waals surface area contributed by atoms with Gasteiger partial charge in [-0.15, -0.1) is 0 Å². The van der Waals surface area contributed by atoms with Crippen LogP contribution in [0.25, 0.3) is 0 Å². The molecular formula is C20H38. The molecule has 0 bridgehead atoms. The molecule has 0 aliphatic rings. The summed E-state index contributed by atoms with van der Waals surface area (Å²) < 4.78 is 0. The Kier molecular flexibility index (Phi) is 14.2. The minimum absolute atomic E-state index is 0.714. The Morgan fingerprint density at radius 2 is 1.45 bits per heavy atom. The van der Waals surface area contributed by atoms with Crippen LogP contribution in [0.2, 0.25) is 0 Å². The molecule has 1 aromatic rings. The first-order valence-electron chi connectivity index (χ1n) is 8.51. The van der Waals surface area contributed by atoms with E-state index in [0.717, 1.165) is 12.3 Å². The smallest absolute Gasteiger partial charge is 0.0188 e. The molecule has 0 spiro atoms. The number of rotatable bonds is 4. The van der Waals surface area contributed by atoms with Crippen LogP contribution in [0.4, 0.5) is 0 Å². The van der Waals surface area contributed by atoms with Crippen LogP contribution in [0, 0.1) is 12.8 Å². The van der Waals surface area contributed by atoms with Gasteiger partial charge in [-0.1, -0.05) is 80.0 Å². The van der Waals surface area contributed by atoms with Crippen molar-refractivity contribution in [3.8, 4) is 0 Å². The normalized spacial score (nSPS) is 11.1. The highest BCUT2D eigenvalue weighted by molar-refractivity contribution is 5.33. The number of hydrogen-bond donors (Lipinski definition) is 0. The first-order valence-corrected chi connectivity index (χ1v) is 8.51. The maximum absolute atomic E-state index is 2.38. The summed E-state index contributed by atoms with van der Waals surface area (Å²) in [6.45, 7) is 19.5. The van der Waals surface area contributed by atoms with E-state index in [0.29, 0.717) is 5.92 Å². The van der Waals surface area contributed by atoms with E-state index in [1.165, 1.54) is 24.0 Å². The number of aryl methyl sites for hydroxylation is 2. The van der Waals surface area contributed by atoms with Gasteiger partial charge in [-0.3, -0.25) is 0 Å². The monoisotopic (exact) mass is 278 g/mol. The second-order valence-corrected chi connectivity index (χ2v) is 5.97. The molecule has 0 aliphatic carbocycles. The van der Waals surface area contributed by atoms with Gasteiger partial charge in [0.25, 0.3) is 0 Å². The van der Waals surface area contributed by atoms with E-state index in [1.54, 1.807) is 5.56 Å². The van der Waals surface area contributed by atoms with Crippen LogP contribution in [0.1, 0.15) is 90.8 Å². The lowest BCUT2D eigenvalue weighted by molar-refractivity contribution is 0.660. The van der Waals surface area contributed by atoms with Gasteiger partial charge in [0, 0.05) is 0 Å². The molecule has 1 rings (SSSR count). The molecule has 0 unspecified atom stereocenters. The van der Waals surface area contributed by atoms with Crippen LogP contribution in [0.5, 0.6) is 0 Å². The molecule has 20 heavy (non-hydrogen) atoms. The highest BCUT2D eigenvalue weighted by Gasteiger charge is 2.07. The maximum atomic E-state index is 2.38. The van der Waals surface area contributed by atoms with Gasteiger partial charge in [0.05, 0.1) is 0 Å². The average molecular weight is 279 g/mol. The Balaban J connectivity index is 0. The minimum atomic E-state index is 0.714. The molecule has 1 aromatic carbocycles. The predicted molar refractivity (Wildman–Crippen MR) is 95.7 cm³/mol. The third-order valence-corrected chi connectivity index (χ3v) is 3.00. The van der Waals surface area contributed by atoms with Crippen LogP contribution < -0.4 is 0 Å². The van der Waals surface area contributed by atoms with Crippen LogP contribution in [0.3, 0.4) is 0 Å². The summed E-state index contributed by atoms with van der Waals surface area (Å²) in [5, 5.41) is 0. The first-order chi connectivity index (χ1) is 9.42. The van der Waals surface area contributed by atoms with E-state index in [-0.39, 0.29) is 0 Å². The molecule has 0 nitrogen and oxygen atoms in total. The Morgan fingerprint density at radius 1 is 0.950 bits per heavy atom. The highest BCUT2D eigenvalue weighted by Crippen LogP contribution is 2.24. The lowest BCUT2D eigenvalue weighted by Gasteiger charge is -2.15. The lowest BCUT2D eigenvalue weighted by atomic mass is 9.91. The first kappa shape index (κ1) is 21.5. The summed E-state index contributed by atoms with van der Waals surface area (Å²) in [4.78, 5) is 0. The molecule has 0 heterocycles. The molecule has 0 N–H and O–H groups in total. The molecular weight excluding hydrogens is 240 g/mol. The highest BCUT2D eigenvalue weighted by atomic mass is 14.1. The van der Waals surface area contributed by atoms with Crippen LogP contribution in [-0.2, 0) is 6.42 Å². The molecule has 0 saturated heterocycles. The molecule has 1 atom stereocenters. The summed E-state index contributed by atoms with van der Waals surface area (Å²) in [6.07, 6.45) is 3.72. The molecule has 0 amide bonds. The molecule has 0 radical (unpaired) electrons. The third kappa shape index (κ3) is 10.1. The fraction of sp³-hybridized carbons (Fsp3) is 0.700. The van der Waals surface area contributed by atoms with Crippen molar-refractivity contribution in [3.05, 3.63) is 34.9 Å². The Hall–Kier alpha value is -0.780. The van der Waals surface area contributed by atoms with E-state index in [4.69, 9.17) is 0 Å². The summed E-state index contributed by atoms with van der Waals surface area (Å²) in [6, 6.07) is 6.90. The second kappa shape index (κ2) is 13.2. The largest absolute Gasteiger partial charge is 0.0683 e. The summed E-state index contributed by atoms with van der Waals surface area (Å²) in [7, 11) is 0. The van der Waals surface area contributed by atoms with Crippen molar-refractivity contribution in [2.75, 3.05) is 0 Å². The van der Waals surface area contributed by atoms with Crippen molar-refractivity contribution in [2.45, 2.75) is 87.5 Å². The fourth-order valence-corrected chi connectivity index (χ4v) is 2.03.